The molecular formula is C19H21Br2NO3. The van der Waals surface area contributed by atoms with Crippen molar-refractivity contribution in [1.82, 2.24) is 0 Å². The van der Waals surface area contributed by atoms with Gasteiger partial charge in [-0.1, -0.05) is 6.07 Å². The van der Waals surface area contributed by atoms with Crippen LogP contribution in [0.2, 0.25) is 0 Å². The second-order valence-electron chi connectivity index (χ2n) is 6.25. The molecule has 2 rings (SSSR count). The summed E-state index contributed by atoms with van der Waals surface area (Å²) < 4.78 is 7.42. The predicted molar refractivity (Wildman–Crippen MR) is 107 cm³/mol. The van der Waals surface area contributed by atoms with Crippen LogP contribution < -0.4 is 10.1 Å². The molecule has 0 aromatic heterocycles. The van der Waals surface area contributed by atoms with E-state index in [1.807, 2.05) is 0 Å². The van der Waals surface area contributed by atoms with Gasteiger partial charge >= 0.3 is 5.97 Å². The number of anilines is 1. The Morgan fingerprint density at radius 2 is 1.76 bits per heavy atom. The van der Waals surface area contributed by atoms with Crippen molar-refractivity contribution in [3.63, 3.8) is 0 Å². The van der Waals surface area contributed by atoms with E-state index < -0.39 is 5.97 Å². The maximum atomic E-state index is 10.9. The summed E-state index contributed by atoms with van der Waals surface area (Å²) in [7, 11) is 0. The van der Waals surface area contributed by atoms with Crippen LogP contribution in [0.4, 0.5) is 5.69 Å². The molecule has 0 fully saturated rings. The van der Waals surface area contributed by atoms with Crippen molar-refractivity contribution in [3.8, 4) is 5.75 Å². The van der Waals surface area contributed by atoms with Crippen LogP contribution in [0.3, 0.4) is 0 Å². The average Bonchev–Trinajstić information content (AvgIpc) is 2.44. The molecule has 6 heteroatoms. The fraction of sp³-hybridized carbons (Fsp3) is 0.316. The van der Waals surface area contributed by atoms with Gasteiger partial charge < -0.3 is 15.2 Å². The fourth-order valence-corrected chi connectivity index (χ4v) is 4.06. The molecule has 0 spiro atoms. The van der Waals surface area contributed by atoms with E-state index in [1.54, 1.807) is 12.1 Å². The van der Waals surface area contributed by atoms with Crippen LogP contribution >= 0.6 is 31.9 Å². The maximum absolute atomic E-state index is 10.9. The van der Waals surface area contributed by atoms with E-state index in [0.29, 0.717) is 24.0 Å². The number of rotatable bonds is 7. The summed E-state index contributed by atoms with van der Waals surface area (Å²) in [5.41, 5.74) is 4.01. The lowest BCUT2D eigenvalue weighted by atomic mass is 10.1. The van der Waals surface area contributed by atoms with Gasteiger partial charge in [0.1, 0.15) is 12.4 Å². The first kappa shape index (κ1) is 19.8. The highest BCUT2D eigenvalue weighted by molar-refractivity contribution is 9.11. The highest BCUT2D eigenvalue weighted by Crippen LogP contribution is 2.35. The summed E-state index contributed by atoms with van der Waals surface area (Å²) in [5, 5.41) is 12.3. The van der Waals surface area contributed by atoms with Crippen LogP contribution in [-0.4, -0.2) is 17.1 Å². The molecule has 2 N–H and O–H groups in total. The molecule has 0 amide bonds. The molecule has 0 aliphatic heterocycles. The van der Waals surface area contributed by atoms with E-state index in [9.17, 15) is 4.79 Å². The molecule has 0 saturated carbocycles. The minimum Gasteiger partial charge on any atom is -0.487 e. The number of ether oxygens (including phenoxy) is 1. The highest BCUT2D eigenvalue weighted by Gasteiger charge is 2.12. The van der Waals surface area contributed by atoms with Gasteiger partial charge in [-0.25, -0.2) is 0 Å². The van der Waals surface area contributed by atoms with E-state index in [0.717, 1.165) is 20.2 Å². The smallest absolute Gasteiger partial charge is 0.307 e. The minimum absolute atomic E-state index is 0.0282. The lowest BCUT2D eigenvalue weighted by molar-refractivity contribution is -0.136. The maximum Gasteiger partial charge on any atom is 0.307 e. The van der Waals surface area contributed by atoms with Gasteiger partial charge in [-0.15, -0.1) is 0 Å². The Bertz CT molecular complexity index is 752. The molecule has 4 nitrogen and oxygen atoms in total. The van der Waals surface area contributed by atoms with Gasteiger partial charge in [-0.2, -0.15) is 0 Å². The third kappa shape index (κ3) is 6.04. The Morgan fingerprint density at radius 1 is 1.12 bits per heavy atom. The highest BCUT2D eigenvalue weighted by atomic mass is 79.9. The summed E-state index contributed by atoms with van der Waals surface area (Å²) in [6.07, 6.45) is -0.0282. The number of carboxylic acids is 1. The van der Waals surface area contributed by atoms with Crippen molar-refractivity contribution in [2.75, 3.05) is 5.32 Å². The normalized spacial score (nSPS) is 10.8. The number of aliphatic carboxylic acids is 1. The monoisotopic (exact) mass is 469 g/mol. The van der Waals surface area contributed by atoms with Gasteiger partial charge in [0.25, 0.3) is 0 Å². The van der Waals surface area contributed by atoms with Crippen molar-refractivity contribution >= 4 is 43.5 Å². The van der Waals surface area contributed by atoms with Crippen molar-refractivity contribution in [3.05, 3.63) is 56.0 Å². The number of carbonyl (C=O) groups is 1. The zero-order valence-electron chi connectivity index (χ0n) is 14.4. The van der Waals surface area contributed by atoms with Crippen LogP contribution in [-0.2, 0) is 17.8 Å². The minimum atomic E-state index is -0.864. The third-order valence-electron chi connectivity index (χ3n) is 3.39. The third-order valence-corrected chi connectivity index (χ3v) is 4.57. The molecule has 0 atom stereocenters. The molecule has 2 aromatic rings. The molecule has 0 radical (unpaired) electrons. The summed E-state index contributed by atoms with van der Waals surface area (Å²) in [6, 6.07) is 10.2. The van der Waals surface area contributed by atoms with Crippen molar-refractivity contribution in [2.24, 2.45) is 0 Å². The van der Waals surface area contributed by atoms with Gasteiger partial charge in [0.05, 0.1) is 15.4 Å². The molecule has 0 unspecified atom stereocenters. The number of hydrogen-bond donors (Lipinski definition) is 2. The Morgan fingerprint density at radius 3 is 2.32 bits per heavy atom. The summed E-state index contributed by atoms with van der Waals surface area (Å²) in [5.74, 6) is -0.202. The van der Waals surface area contributed by atoms with Crippen LogP contribution in [0.5, 0.6) is 5.75 Å². The quantitative estimate of drug-likeness (QED) is 0.557. The molecule has 25 heavy (non-hydrogen) atoms. The van der Waals surface area contributed by atoms with Gasteiger partial charge in [0.15, 0.2) is 0 Å². The van der Waals surface area contributed by atoms with Gasteiger partial charge in [-0.3, -0.25) is 4.79 Å². The second-order valence-corrected chi connectivity index (χ2v) is 7.96. The van der Waals surface area contributed by atoms with Crippen molar-refractivity contribution in [1.29, 1.82) is 0 Å². The second kappa shape index (κ2) is 8.72. The number of nitrogens with one attached hydrogen (secondary N) is 1. The molecule has 0 bridgehead atoms. The van der Waals surface area contributed by atoms with Crippen LogP contribution in [0, 0.1) is 6.92 Å². The molecule has 134 valence electrons. The number of carboxylic acid groups (broad SMARTS) is 1. The lowest BCUT2D eigenvalue weighted by Gasteiger charge is -2.15. The molecule has 0 saturated heterocycles. The summed E-state index contributed by atoms with van der Waals surface area (Å²) in [4.78, 5) is 10.9. The largest absolute Gasteiger partial charge is 0.487 e. The van der Waals surface area contributed by atoms with E-state index in [4.69, 9.17) is 9.84 Å². The van der Waals surface area contributed by atoms with Crippen LogP contribution in [0.25, 0.3) is 0 Å². The van der Waals surface area contributed by atoms with Crippen LogP contribution in [0.15, 0.2) is 39.3 Å². The number of benzene rings is 2. The zero-order valence-corrected chi connectivity index (χ0v) is 17.6. The molecule has 2 aromatic carbocycles. The van der Waals surface area contributed by atoms with E-state index in [1.165, 1.54) is 5.56 Å². The van der Waals surface area contributed by atoms with Crippen molar-refractivity contribution < 1.29 is 14.6 Å². The fourth-order valence-electron chi connectivity index (χ4n) is 2.54. The first-order valence-electron chi connectivity index (χ1n) is 7.94. The summed E-state index contributed by atoms with van der Waals surface area (Å²) in [6.45, 7) is 6.68. The Hall–Kier alpha value is -1.53. The molecule has 0 aliphatic carbocycles. The first-order chi connectivity index (χ1) is 11.7. The van der Waals surface area contributed by atoms with Gasteiger partial charge in [-0.05, 0) is 93.6 Å². The zero-order chi connectivity index (χ0) is 18.6. The standard InChI is InChI=1S/C19H21Br2NO3/c1-11(2)22-15-5-12(3)4-14(6-15)10-25-19-16(20)7-13(8-17(19)21)9-18(23)24/h4-8,11,22H,9-10H2,1-3H3,(H,23,24). The number of hydrogen-bond acceptors (Lipinski definition) is 3. The average molecular weight is 471 g/mol. The Balaban J connectivity index is 2.16. The van der Waals surface area contributed by atoms with Gasteiger partial charge in [0.2, 0.25) is 0 Å². The SMILES string of the molecule is Cc1cc(COc2c(Br)cc(CC(=O)O)cc2Br)cc(NC(C)C)c1. The molecule has 0 heterocycles. The topological polar surface area (TPSA) is 58.6 Å². The molecular weight excluding hydrogens is 450 g/mol. The van der Waals surface area contributed by atoms with E-state index in [2.05, 4.69) is 76.1 Å². The number of aryl methyl sites for hydroxylation is 1. The first-order valence-corrected chi connectivity index (χ1v) is 9.53. The number of halogens is 2. The van der Waals surface area contributed by atoms with Crippen LogP contribution in [0.1, 0.15) is 30.5 Å². The lowest BCUT2D eigenvalue weighted by Crippen LogP contribution is -2.10. The Kier molecular flexibility index (Phi) is 6.90. The Labute approximate surface area is 164 Å². The van der Waals surface area contributed by atoms with Gasteiger partial charge in [0, 0.05) is 11.7 Å². The summed E-state index contributed by atoms with van der Waals surface area (Å²) >= 11 is 6.93. The van der Waals surface area contributed by atoms with E-state index in [-0.39, 0.29) is 6.42 Å². The predicted octanol–water partition coefficient (Wildman–Crippen LogP) is 5.55. The van der Waals surface area contributed by atoms with E-state index >= 15 is 0 Å². The molecule has 0 aliphatic rings. The van der Waals surface area contributed by atoms with Crippen molar-refractivity contribution in [2.45, 2.75) is 39.8 Å².